The number of aromatic nitrogens is 1. The number of hydrogen-bond acceptors (Lipinski definition) is 4. The second kappa shape index (κ2) is 9.54. The Hall–Kier alpha value is -3.16. The third-order valence-electron chi connectivity index (χ3n) is 5.82. The van der Waals surface area contributed by atoms with Crippen LogP contribution in [-0.4, -0.2) is 47.9 Å². The van der Waals surface area contributed by atoms with E-state index in [1.807, 2.05) is 54.8 Å². The number of para-hydroxylation sites is 1. The summed E-state index contributed by atoms with van der Waals surface area (Å²) in [5, 5.41) is 7.98. The van der Waals surface area contributed by atoms with Crippen molar-refractivity contribution in [1.82, 2.24) is 15.2 Å². The smallest absolute Gasteiger partial charge is 0.256 e. The van der Waals surface area contributed by atoms with E-state index < -0.39 is 0 Å². The average molecular weight is 449 g/mol. The van der Waals surface area contributed by atoms with Gasteiger partial charge in [0.1, 0.15) is 0 Å². The number of aryl methyl sites for hydroxylation is 1. The lowest BCUT2D eigenvalue weighted by molar-refractivity contribution is -0.110. The number of likely N-dealkylation sites (N-methyl/N-ethyl adjacent to an activating group) is 1. The Labute approximate surface area is 192 Å². The molecular formula is C25H28N4O2S. The number of fused-ring (bicyclic) bond motifs is 1. The molecule has 0 aliphatic carbocycles. The maximum absolute atomic E-state index is 13.2. The van der Waals surface area contributed by atoms with Gasteiger partial charge in [-0.05, 0) is 43.6 Å². The molecular weight excluding hydrogens is 420 g/mol. The van der Waals surface area contributed by atoms with Gasteiger partial charge in [-0.25, -0.2) is 0 Å². The van der Waals surface area contributed by atoms with E-state index in [2.05, 4.69) is 34.4 Å². The van der Waals surface area contributed by atoms with Crippen molar-refractivity contribution in [2.45, 2.75) is 20.8 Å². The number of thiophene rings is 1. The molecule has 1 aliphatic rings. The lowest BCUT2D eigenvalue weighted by Crippen LogP contribution is -2.35. The number of H-pyrrole nitrogens is 1. The van der Waals surface area contributed by atoms with Crippen molar-refractivity contribution in [3.05, 3.63) is 64.3 Å². The molecule has 0 atom stereocenters. The van der Waals surface area contributed by atoms with Crippen molar-refractivity contribution in [3.8, 4) is 10.4 Å². The molecule has 3 heterocycles. The Bertz CT molecular complexity index is 1160. The van der Waals surface area contributed by atoms with Gasteiger partial charge in [0.15, 0.2) is 0 Å². The molecule has 1 aromatic carbocycles. The molecule has 0 saturated carbocycles. The van der Waals surface area contributed by atoms with Crippen molar-refractivity contribution < 1.29 is 9.59 Å². The SMILES string of the molecule is CCN(CC)CCNC(=O)c1c(C)[nH]c(/C=C2\C(=O)Nc3ccccc32)c1-c1cccs1. The summed E-state index contributed by atoms with van der Waals surface area (Å²) in [4.78, 5) is 32.5. The molecule has 7 heteroatoms. The monoisotopic (exact) mass is 448 g/mol. The van der Waals surface area contributed by atoms with Crippen molar-refractivity contribution in [2.24, 2.45) is 0 Å². The molecule has 0 saturated heterocycles. The summed E-state index contributed by atoms with van der Waals surface area (Å²) in [5.74, 6) is -0.240. The van der Waals surface area contributed by atoms with E-state index in [4.69, 9.17) is 0 Å². The Morgan fingerprint density at radius 3 is 2.66 bits per heavy atom. The zero-order valence-corrected chi connectivity index (χ0v) is 19.4. The standard InChI is InChI=1S/C25H28N4O2S/c1-4-29(5-2)13-12-26-25(31)22-16(3)27-20(23(22)21-11-8-14-32-21)15-18-17-9-6-7-10-19(17)28-24(18)30/h6-11,14-15,27H,4-5,12-13H2,1-3H3,(H,26,31)(H,28,30)/b18-15-. The first kappa shape index (κ1) is 22.0. The van der Waals surface area contributed by atoms with Gasteiger partial charge in [0.05, 0.1) is 11.1 Å². The zero-order valence-electron chi connectivity index (χ0n) is 18.6. The largest absolute Gasteiger partial charge is 0.358 e. The highest BCUT2D eigenvalue weighted by Gasteiger charge is 2.27. The van der Waals surface area contributed by atoms with Crippen LogP contribution in [0, 0.1) is 6.92 Å². The number of anilines is 1. The summed E-state index contributed by atoms with van der Waals surface area (Å²) < 4.78 is 0. The molecule has 2 aromatic heterocycles. The molecule has 3 aromatic rings. The summed E-state index contributed by atoms with van der Waals surface area (Å²) in [6.07, 6.45) is 1.86. The minimum Gasteiger partial charge on any atom is -0.358 e. The minimum absolute atomic E-state index is 0.102. The van der Waals surface area contributed by atoms with Crippen LogP contribution in [0.15, 0.2) is 41.8 Å². The van der Waals surface area contributed by atoms with E-state index >= 15 is 0 Å². The lowest BCUT2D eigenvalue weighted by atomic mass is 10.0. The topological polar surface area (TPSA) is 77.2 Å². The molecule has 0 bridgehead atoms. The summed E-state index contributed by atoms with van der Waals surface area (Å²) in [6.45, 7) is 9.45. The van der Waals surface area contributed by atoms with Gasteiger partial charge in [-0.3, -0.25) is 9.59 Å². The predicted molar refractivity (Wildman–Crippen MR) is 132 cm³/mol. The fourth-order valence-electron chi connectivity index (χ4n) is 4.10. The number of carbonyl (C=O) groups excluding carboxylic acids is 2. The quantitative estimate of drug-likeness (QED) is 0.440. The van der Waals surface area contributed by atoms with Gasteiger partial charge < -0.3 is 20.5 Å². The maximum Gasteiger partial charge on any atom is 0.256 e. The van der Waals surface area contributed by atoms with Crippen LogP contribution in [0.3, 0.4) is 0 Å². The first-order valence-corrected chi connectivity index (χ1v) is 11.8. The van der Waals surface area contributed by atoms with Crippen LogP contribution in [0.5, 0.6) is 0 Å². The van der Waals surface area contributed by atoms with Crippen LogP contribution in [0.2, 0.25) is 0 Å². The fourth-order valence-corrected chi connectivity index (χ4v) is 4.89. The molecule has 6 nitrogen and oxygen atoms in total. The van der Waals surface area contributed by atoms with Crippen molar-refractivity contribution in [1.29, 1.82) is 0 Å². The second-order valence-electron chi connectivity index (χ2n) is 7.73. The molecule has 166 valence electrons. The normalized spacial score (nSPS) is 14.1. The fraction of sp³-hybridized carbons (Fsp3) is 0.280. The summed E-state index contributed by atoms with van der Waals surface area (Å²) in [7, 11) is 0. The summed E-state index contributed by atoms with van der Waals surface area (Å²) >= 11 is 1.58. The highest BCUT2D eigenvalue weighted by molar-refractivity contribution is 7.13. The minimum atomic E-state index is -0.138. The zero-order chi connectivity index (χ0) is 22.7. The summed E-state index contributed by atoms with van der Waals surface area (Å²) in [5.41, 5.74) is 5.28. The van der Waals surface area contributed by atoms with Gasteiger partial charge in [-0.15, -0.1) is 11.3 Å². The molecule has 32 heavy (non-hydrogen) atoms. The Kier molecular flexibility index (Phi) is 6.58. The average Bonchev–Trinajstić information content (AvgIpc) is 3.49. The number of benzene rings is 1. The van der Waals surface area contributed by atoms with E-state index in [1.54, 1.807) is 11.3 Å². The molecule has 0 fully saturated rings. The number of nitrogens with zero attached hydrogens (tertiary/aromatic N) is 1. The summed E-state index contributed by atoms with van der Waals surface area (Å²) in [6, 6.07) is 11.6. The van der Waals surface area contributed by atoms with Gasteiger partial charge in [0.2, 0.25) is 0 Å². The highest BCUT2D eigenvalue weighted by atomic mass is 32.1. The Morgan fingerprint density at radius 1 is 1.16 bits per heavy atom. The van der Waals surface area contributed by atoms with E-state index in [9.17, 15) is 9.59 Å². The highest BCUT2D eigenvalue weighted by Crippen LogP contribution is 2.38. The molecule has 1 aliphatic heterocycles. The number of rotatable bonds is 8. The predicted octanol–water partition coefficient (Wildman–Crippen LogP) is 4.62. The van der Waals surface area contributed by atoms with E-state index in [0.29, 0.717) is 17.7 Å². The molecule has 2 amide bonds. The van der Waals surface area contributed by atoms with Crippen molar-refractivity contribution >= 4 is 40.5 Å². The van der Waals surface area contributed by atoms with E-state index in [1.165, 1.54) is 0 Å². The van der Waals surface area contributed by atoms with Gasteiger partial charge >= 0.3 is 0 Å². The number of carbonyl (C=O) groups is 2. The van der Waals surface area contributed by atoms with Crippen LogP contribution in [-0.2, 0) is 4.79 Å². The number of hydrogen-bond donors (Lipinski definition) is 3. The van der Waals surface area contributed by atoms with Gasteiger partial charge in [0.25, 0.3) is 11.8 Å². The lowest BCUT2D eigenvalue weighted by Gasteiger charge is -2.18. The van der Waals surface area contributed by atoms with Crippen LogP contribution >= 0.6 is 11.3 Å². The van der Waals surface area contributed by atoms with Crippen LogP contribution in [0.25, 0.3) is 22.1 Å². The molecule has 3 N–H and O–H groups in total. The van der Waals surface area contributed by atoms with E-state index in [-0.39, 0.29) is 11.8 Å². The molecule has 0 radical (unpaired) electrons. The van der Waals surface area contributed by atoms with Crippen LogP contribution < -0.4 is 10.6 Å². The first-order valence-electron chi connectivity index (χ1n) is 10.9. The number of aromatic amines is 1. The second-order valence-corrected chi connectivity index (χ2v) is 8.68. The van der Waals surface area contributed by atoms with Crippen molar-refractivity contribution in [2.75, 3.05) is 31.5 Å². The Morgan fingerprint density at radius 2 is 1.94 bits per heavy atom. The number of nitrogens with one attached hydrogen (secondary N) is 3. The molecule has 0 spiro atoms. The van der Waals surface area contributed by atoms with Crippen molar-refractivity contribution in [3.63, 3.8) is 0 Å². The third-order valence-corrected chi connectivity index (χ3v) is 6.71. The first-order chi connectivity index (χ1) is 15.5. The Balaban J connectivity index is 1.71. The van der Waals surface area contributed by atoms with Gasteiger partial charge in [-0.1, -0.05) is 38.1 Å². The molecule has 0 unspecified atom stereocenters. The maximum atomic E-state index is 13.2. The third kappa shape index (κ3) is 4.26. The van der Waals surface area contributed by atoms with Gasteiger partial charge in [0, 0.05) is 46.2 Å². The van der Waals surface area contributed by atoms with Gasteiger partial charge in [-0.2, -0.15) is 0 Å². The number of amides is 2. The molecule has 4 rings (SSSR count). The van der Waals surface area contributed by atoms with Crippen LogP contribution in [0.1, 0.15) is 41.2 Å². The van der Waals surface area contributed by atoms with Crippen LogP contribution in [0.4, 0.5) is 5.69 Å². The van der Waals surface area contributed by atoms with E-state index in [0.717, 1.165) is 52.7 Å².